The van der Waals surface area contributed by atoms with E-state index in [2.05, 4.69) is 5.10 Å². The maximum absolute atomic E-state index is 11.5. The molecule has 1 heterocycles. The van der Waals surface area contributed by atoms with Crippen LogP contribution < -0.4 is 0 Å². The van der Waals surface area contributed by atoms with E-state index in [9.17, 15) is 4.79 Å². The van der Waals surface area contributed by atoms with Gasteiger partial charge in [-0.15, -0.1) is 0 Å². The molecule has 0 saturated carbocycles. The average molecular weight is 218 g/mol. The lowest BCUT2D eigenvalue weighted by Crippen LogP contribution is -2.11. The van der Waals surface area contributed by atoms with Gasteiger partial charge in [-0.05, 0) is 13.0 Å². The molecule has 0 aliphatic heterocycles. The van der Waals surface area contributed by atoms with Gasteiger partial charge in [-0.3, -0.25) is 9.48 Å². The summed E-state index contributed by atoms with van der Waals surface area (Å²) in [6, 6.07) is 7.85. The number of ether oxygens (including phenoxy) is 1. The van der Waals surface area contributed by atoms with Crippen LogP contribution in [0.2, 0.25) is 0 Å². The molecule has 16 heavy (non-hydrogen) atoms. The third-order valence-electron chi connectivity index (χ3n) is 2.75. The molecule has 1 aromatic carbocycles. The zero-order chi connectivity index (χ0) is 11.7. The van der Waals surface area contributed by atoms with Gasteiger partial charge in [0.1, 0.15) is 0 Å². The number of para-hydroxylation sites is 1. The van der Waals surface area contributed by atoms with Crippen LogP contribution in [0.25, 0.3) is 10.9 Å². The Morgan fingerprint density at radius 3 is 2.81 bits per heavy atom. The molecule has 2 rings (SSSR count). The largest absolute Gasteiger partial charge is 0.469 e. The lowest BCUT2D eigenvalue weighted by atomic mass is 10.0. The summed E-state index contributed by atoms with van der Waals surface area (Å²) < 4.78 is 6.52. The second-order valence-corrected chi connectivity index (χ2v) is 3.77. The van der Waals surface area contributed by atoms with Crippen molar-refractivity contribution in [1.82, 2.24) is 9.78 Å². The van der Waals surface area contributed by atoms with Crippen molar-refractivity contribution < 1.29 is 9.53 Å². The van der Waals surface area contributed by atoms with Crippen molar-refractivity contribution in [1.29, 1.82) is 0 Å². The quantitative estimate of drug-likeness (QED) is 0.722. The van der Waals surface area contributed by atoms with E-state index in [1.165, 1.54) is 7.11 Å². The summed E-state index contributed by atoms with van der Waals surface area (Å²) in [5.74, 6) is -0.597. The molecule has 0 amide bonds. The molecular formula is C12H14N2O2. The molecule has 1 atom stereocenters. The number of rotatable bonds is 2. The first-order chi connectivity index (χ1) is 7.65. The van der Waals surface area contributed by atoms with E-state index < -0.39 is 0 Å². The normalized spacial score (nSPS) is 12.7. The SMILES string of the molecule is COC(=O)C(C)c1nn(C)c2ccccc12. The number of fused-ring (bicyclic) bond motifs is 1. The van der Waals surface area contributed by atoms with Gasteiger partial charge in [0, 0.05) is 12.4 Å². The van der Waals surface area contributed by atoms with Crippen LogP contribution in [-0.2, 0) is 16.6 Å². The van der Waals surface area contributed by atoms with Gasteiger partial charge in [0.25, 0.3) is 0 Å². The number of esters is 1. The van der Waals surface area contributed by atoms with Crippen molar-refractivity contribution in [2.75, 3.05) is 7.11 Å². The molecule has 0 saturated heterocycles. The summed E-state index contributed by atoms with van der Waals surface area (Å²) in [7, 11) is 3.26. The van der Waals surface area contributed by atoms with Crippen LogP contribution in [0.1, 0.15) is 18.5 Å². The maximum Gasteiger partial charge on any atom is 0.314 e. The van der Waals surface area contributed by atoms with Crippen LogP contribution in [0.15, 0.2) is 24.3 Å². The van der Waals surface area contributed by atoms with Crippen molar-refractivity contribution in [3.05, 3.63) is 30.0 Å². The number of carbonyl (C=O) groups is 1. The van der Waals surface area contributed by atoms with E-state index in [0.29, 0.717) is 0 Å². The van der Waals surface area contributed by atoms with E-state index >= 15 is 0 Å². The molecule has 0 N–H and O–H groups in total. The zero-order valence-electron chi connectivity index (χ0n) is 9.60. The Balaban J connectivity index is 2.57. The minimum absolute atomic E-state index is 0.260. The molecule has 0 fully saturated rings. The molecule has 2 aromatic rings. The Bertz CT molecular complexity index is 531. The van der Waals surface area contributed by atoms with E-state index in [1.54, 1.807) is 11.6 Å². The lowest BCUT2D eigenvalue weighted by molar-refractivity contribution is -0.142. The summed E-state index contributed by atoms with van der Waals surface area (Å²) in [5.41, 5.74) is 1.79. The number of benzene rings is 1. The van der Waals surface area contributed by atoms with Crippen LogP contribution in [0.4, 0.5) is 0 Å². The van der Waals surface area contributed by atoms with Crippen LogP contribution >= 0.6 is 0 Å². The highest BCUT2D eigenvalue weighted by Gasteiger charge is 2.21. The van der Waals surface area contributed by atoms with E-state index in [0.717, 1.165) is 16.6 Å². The Morgan fingerprint density at radius 1 is 1.44 bits per heavy atom. The third kappa shape index (κ3) is 1.56. The van der Waals surface area contributed by atoms with Crippen LogP contribution in [0.3, 0.4) is 0 Å². The number of nitrogens with zero attached hydrogens (tertiary/aromatic N) is 2. The minimum atomic E-state index is -0.337. The van der Waals surface area contributed by atoms with Crippen molar-refractivity contribution in [3.63, 3.8) is 0 Å². The molecule has 1 aromatic heterocycles. The monoisotopic (exact) mass is 218 g/mol. The van der Waals surface area contributed by atoms with Gasteiger partial charge in [0.15, 0.2) is 0 Å². The van der Waals surface area contributed by atoms with Crippen LogP contribution in [0, 0.1) is 0 Å². The Hall–Kier alpha value is -1.84. The van der Waals surface area contributed by atoms with Crippen molar-refractivity contribution >= 4 is 16.9 Å². The third-order valence-corrected chi connectivity index (χ3v) is 2.75. The van der Waals surface area contributed by atoms with E-state index in [-0.39, 0.29) is 11.9 Å². The fourth-order valence-corrected chi connectivity index (χ4v) is 1.85. The van der Waals surface area contributed by atoms with Gasteiger partial charge >= 0.3 is 5.97 Å². The number of aryl methyl sites for hydroxylation is 1. The summed E-state index contributed by atoms with van der Waals surface area (Å²) in [4.78, 5) is 11.5. The van der Waals surface area contributed by atoms with Crippen molar-refractivity contribution in [2.24, 2.45) is 7.05 Å². The second kappa shape index (κ2) is 3.96. The summed E-state index contributed by atoms with van der Waals surface area (Å²) in [6.45, 7) is 1.81. The minimum Gasteiger partial charge on any atom is -0.469 e. The summed E-state index contributed by atoms with van der Waals surface area (Å²) in [5, 5.41) is 5.38. The molecule has 0 spiro atoms. The molecule has 4 heteroatoms. The smallest absolute Gasteiger partial charge is 0.314 e. The Kier molecular flexibility index (Phi) is 2.64. The Labute approximate surface area is 93.8 Å². The highest BCUT2D eigenvalue weighted by atomic mass is 16.5. The first-order valence-corrected chi connectivity index (χ1v) is 5.14. The van der Waals surface area contributed by atoms with E-state index in [4.69, 9.17) is 4.74 Å². The number of carbonyl (C=O) groups excluding carboxylic acids is 1. The number of methoxy groups -OCH3 is 1. The highest BCUT2D eigenvalue weighted by Crippen LogP contribution is 2.24. The van der Waals surface area contributed by atoms with Gasteiger partial charge in [-0.25, -0.2) is 0 Å². The van der Waals surface area contributed by atoms with Crippen LogP contribution in [0.5, 0.6) is 0 Å². The van der Waals surface area contributed by atoms with Gasteiger partial charge in [-0.2, -0.15) is 5.10 Å². The van der Waals surface area contributed by atoms with Crippen LogP contribution in [-0.4, -0.2) is 22.9 Å². The fourth-order valence-electron chi connectivity index (χ4n) is 1.85. The molecule has 4 nitrogen and oxygen atoms in total. The summed E-state index contributed by atoms with van der Waals surface area (Å²) >= 11 is 0. The van der Waals surface area contributed by atoms with E-state index in [1.807, 2.05) is 31.3 Å². The van der Waals surface area contributed by atoms with Crippen molar-refractivity contribution in [3.8, 4) is 0 Å². The van der Waals surface area contributed by atoms with Gasteiger partial charge in [0.05, 0.1) is 24.2 Å². The second-order valence-electron chi connectivity index (χ2n) is 3.77. The maximum atomic E-state index is 11.5. The molecule has 0 aliphatic rings. The molecule has 1 unspecified atom stereocenters. The predicted molar refractivity (Wildman–Crippen MR) is 61.1 cm³/mol. The topological polar surface area (TPSA) is 44.1 Å². The predicted octanol–water partition coefficient (Wildman–Crippen LogP) is 1.85. The number of aromatic nitrogens is 2. The standard InChI is InChI=1S/C12H14N2O2/c1-8(12(15)16-3)11-9-6-4-5-7-10(9)14(2)13-11/h4-8H,1-3H3. The lowest BCUT2D eigenvalue weighted by Gasteiger charge is -2.05. The van der Waals surface area contributed by atoms with Gasteiger partial charge < -0.3 is 4.74 Å². The molecule has 0 bridgehead atoms. The molecule has 84 valence electrons. The first kappa shape index (κ1) is 10.7. The number of hydrogen-bond donors (Lipinski definition) is 0. The Morgan fingerprint density at radius 2 is 2.12 bits per heavy atom. The first-order valence-electron chi connectivity index (χ1n) is 5.14. The molecule has 0 radical (unpaired) electrons. The highest BCUT2D eigenvalue weighted by molar-refractivity contribution is 5.88. The molecular weight excluding hydrogens is 204 g/mol. The number of hydrogen-bond acceptors (Lipinski definition) is 3. The van der Waals surface area contributed by atoms with Crippen molar-refractivity contribution in [2.45, 2.75) is 12.8 Å². The molecule has 0 aliphatic carbocycles. The fraction of sp³-hybridized carbons (Fsp3) is 0.333. The summed E-state index contributed by atoms with van der Waals surface area (Å²) in [6.07, 6.45) is 0. The average Bonchev–Trinajstić information content (AvgIpc) is 2.65. The van der Waals surface area contributed by atoms with Gasteiger partial charge in [-0.1, -0.05) is 18.2 Å². The zero-order valence-corrected chi connectivity index (χ0v) is 9.60. The van der Waals surface area contributed by atoms with Gasteiger partial charge in [0.2, 0.25) is 0 Å².